The summed E-state index contributed by atoms with van der Waals surface area (Å²) in [5, 5.41) is 3.41. The van der Waals surface area contributed by atoms with E-state index >= 15 is 0 Å². The number of nitrogens with one attached hydrogen (secondary N) is 1. The molecule has 0 saturated heterocycles. The van der Waals surface area contributed by atoms with Crippen molar-refractivity contribution in [3.05, 3.63) is 64.8 Å². The van der Waals surface area contributed by atoms with Crippen LogP contribution in [0.25, 0.3) is 11.3 Å². The number of anilines is 1. The highest BCUT2D eigenvalue weighted by Gasteiger charge is 2.14. The number of ether oxygens (including phenoxy) is 3. The maximum absolute atomic E-state index is 5.44. The highest BCUT2D eigenvalue weighted by atomic mass is 79.9. The molecule has 3 aromatic rings. The number of hydrogen-bond donors (Lipinski definition) is 1. The lowest BCUT2D eigenvalue weighted by Crippen LogP contribution is -2.00. The highest BCUT2D eigenvalue weighted by Crippen LogP contribution is 2.40. The van der Waals surface area contributed by atoms with E-state index in [1.54, 1.807) is 27.5 Å². The standard InChI is InChI=1S/C21H21BrN2O3/c1-25-19-11-15(12-20(26-2)21(19)27-3)18-10-14(8-9-23-18)13-24-17-6-4-16(22)5-7-17/h4-12,24H,13H2,1-3H3. The summed E-state index contributed by atoms with van der Waals surface area (Å²) in [6.07, 6.45) is 1.80. The van der Waals surface area contributed by atoms with Crippen LogP contribution in [-0.4, -0.2) is 26.3 Å². The van der Waals surface area contributed by atoms with Crippen LogP contribution in [-0.2, 0) is 6.54 Å². The first-order valence-electron chi connectivity index (χ1n) is 8.39. The molecular formula is C21H21BrN2O3. The molecule has 1 heterocycles. The molecular weight excluding hydrogens is 408 g/mol. The zero-order valence-electron chi connectivity index (χ0n) is 15.5. The van der Waals surface area contributed by atoms with Crippen LogP contribution in [0.2, 0.25) is 0 Å². The molecule has 0 unspecified atom stereocenters. The Bertz CT molecular complexity index is 889. The lowest BCUT2D eigenvalue weighted by molar-refractivity contribution is 0.324. The van der Waals surface area contributed by atoms with Crippen LogP contribution in [0, 0.1) is 0 Å². The van der Waals surface area contributed by atoms with Crippen LogP contribution < -0.4 is 19.5 Å². The van der Waals surface area contributed by atoms with E-state index in [1.807, 2.05) is 48.5 Å². The maximum Gasteiger partial charge on any atom is 0.203 e. The summed E-state index contributed by atoms with van der Waals surface area (Å²) in [4.78, 5) is 4.50. The van der Waals surface area contributed by atoms with Gasteiger partial charge in [-0.15, -0.1) is 0 Å². The van der Waals surface area contributed by atoms with E-state index in [-0.39, 0.29) is 0 Å². The van der Waals surface area contributed by atoms with Gasteiger partial charge in [0, 0.05) is 28.5 Å². The molecule has 0 aliphatic carbocycles. The molecule has 0 aliphatic rings. The first-order chi connectivity index (χ1) is 13.1. The molecule has 27 heavy (non-hydrogen) atoms. The van der Waals surface area contributed by atoms with Crippen molar-refractivity contribution >= 4 is 21.6 Å². The lowest BCUT2D eigenvalue weighted by atomic mass is 10.1. The molecule has 140 valence electrons. The van der Waals surface area contributed by atoms with Crippen LogP contribution in [0.4, 0.5) is 5.69 Å². The summed E-state index contributed by atoms with van der Waals surface area (Å²) in [5.74, 6) is 1.77. The molecule has 0 radical (unpaired) electrons. The molecule has 0 amide bonds. The van der Waals surface area contributed by atoms with Crippen molar-refractivity contribution in [2.45, 2.75) is 6.54 Å². The molecule has 1 aromatic heterocycles. The van der Waals surface area contributed by atoms with E-state index in [0.717, 1.165) is 27.0 Å². The molecule has 6 heteroatoms. The van der Waals surface area contributed by atoms with E-state index < -0.39 is 0 Å². The SMILES string of the molecule is COc1cc(-c2cc(CNc3ccc(Br)cc3)ccn2)cc(OC)c1OC. The van der Waals surface area contributed by atoms with E-state index in [0.29, 0.717) is 23.8 Å². The van der Waals surface area contributed by atoms with E-state index in [9.17, 15) is 0 Å². The van der Waals surface area contributed by atoms with E-state index in [4.69, 9.17) is 14.2 Å². The summed E-state index contributed by atoms with van der Waals surface area (Å²) < 4.78 is 17.3. The number of halogens is 1. The molecule has 0 aliphatic heterocycles. The zero-order valence-corrected chi connectivity index (χ0v) is 17.0. The average molecular weight is 429 g/mol. The minimum absolute atomic E-state index is 0.566. The second-order valence-electron chi connectivity index (χ2n) is 5.82. The number of benzene rings is 2. The van der Waals surface area contributed by atoms with E-state index in [2.05, 4.69) is 26.2 Å². The smallest absolute Gasteiger partial charge is 0.203 e. The Labute approximate surface area is 167 Å². The van der Waals surface area contributed by atoms with Crippen LogP contribution >= 0.6 is 15.9 Å². The summed E-state index contributed by atoms with van der Waals surface area (Å²) in [7, 11) is 4.80. The maximum atomic E-state index is 5.44. The van der Waals surface area contributed by atoms with Gasteiger partial charge in [0.1, 0.15) is 0 Å². The fraction of sp³-hybridized carbons (Fsp3) is 0.190. The van der Waals surface area contributed by atoms with Crippen LogP contribution in [0.15, 0.2) is 59.2 Å². The minimum Gasteiger partial charge on any atom is -0.493 e. The summed E-state index contributed by atoms with van der Waals surface area (Å²) in [6.45, 7) is 0.696. The second-order valence-corrected chi connectivity index (χ2v) is 6.74. The van der Waals surface area contributed by atoms with Gasteiger partial charge in [-0.2, -0.15) is 0 Å². The first-order valence-corrected chi connectivity index (χ1v) is 9.18. The Hall–Kier alpha value is -2.73. The molecule has 3 rings (SSSR count). The molecule has 0 fully saturated rings. The number of aromatic nitrogens is 1. The van der Waals surface area contributed by atoms with Crippen LogP contribution in [0.5, 0.6) is 17.2 Å². The Morgan fingerprint density at radius 1 is 0.889 bits per heavy atom. The van der Waals surface area contributed by atoms with Crippen molar-refractivity contribution in [1.82, 2.24) is 4.98 Å². The number of hydrogen-bond acceptors (Lipinski definition) is 5. The Morgan fingerprint density at radius 3 is 2.15 bits per heavy atom. The fourth-order valence-electron chi connectivity index (χ4n) is 2.74. The van der Waals surface area contributed by atoms with Crippen molar-refractivity contribution in [1.29, 1.82) is 0 Å². The monoisotopic (exact) mass is 428 g/mol. The summed E-state index contributed by atoms with van der Waals surface area (Å²) in [6, 6.07) is 15.9. The normalized spacial score (nSPS) is 10.4. The molecule has 1 N–H and O–H groups in total. The number of methoxy groups -OCH3 is 3. The van der Waals surface area contributed by atoms with Gasteiger partial charge in [-0.25, -0.2) is 0 Å². The summed E-state index contributed by atoms with van der Waals surface area (Å²) in [5.41, 5.74) is 3.92. The molecule has 0 atom stereocenters. The van der Waals surface area contributed by atoms with Gasteiger partial charge >= 0.3 is 0 Å². The summed E-state index contributed by atoms with van der Waals surface area (Å²) >= 11 is 3.45. The van der Waals surface area contributed by atoms with Gasteiger partial charge in [0.05, 0.1) is 27.0 Å². The van der Waals surface area contributed by atoms with Gasteiger partial charge < -0.3 is 19.5 Å². The minimum atomic E-state index is 0.566. The van der Waals surface area contributed by atoms with Gasteiger partial charge in [0.2, 0.25) is 5.75 Å². The number of rotatable bonds is 7. The van der Waals surface area contributed by atoms with Crippen molar-refractivity contribution < 1.29 is 14.2 Å². The predicted octanol–water partition coefficient (Wildman–Crippen LogP) is 5.15. The molecule has 5 nitrogen and oxygen atoms in total. The van der Waals surface area contributed by atoms with E-state index in [1.165, 1.54) is 0 Å². The van der Waals surface area contributed by atoms with Gasteiger partial charge in [-0.05, 0) is 54.1 Å². The average Bonchev–Trinajstić information content (AvgIpc) is 2.72. The third-order valence-corrected chi connectivity index (χ3v) is 4.65. The van der Waals surface area contributed by atoms with Gasteiger partial charge in [0.15, 0.2) is 11.5 Å². The van der Waals surface area contributed by atoms with Crippen molar-refractivity contribution in [2.75, 3.05) is 26.6 Å². The van der Waals surface area contributed by atoms with Gasteiger partial charge in [-0.3, -0.25) is 4.98 Å². The Morgan fingerprint density at radius 2 is 1.56 bits per heavy atom. The quantitative estimate of drug-likeness (QED) is 0.563. The number of pyridine rings is 1. The van der Waals surface area contributed by atoms with Gasteiger partial charge in [0.25, 0.3) is 0 Å². The third-order valence-electron chi connectivity index (χ3n) is 4.13. The Kier molecular flexibility index (Phi) is 6.19. The van der Waals surface area contributed by atoms with Crippen molar-refractivity contribution in [3.8, 4) is 28.5 Å². The van der Waals surface area contributed by atoms with Crippen molar-refractivity contribution in [2.24, 2.45) is 0 Å². The molecule has 2 aromatic carbocycles. The Balaban J connectivity index is 1.85. The largest absolute Gasteiger partial charge is 0.493 e. The predicted molar refractivity (Wildman–Crippen MR) is 111 cm³/mol. The third kappa shape index (κ3) is 4.52. The molecule has 0 spiro atoms. The van der Waals surface area contributed by atoms with Crippen LogP contribution in [0.1, 0.15) is 5.56 Å². The second kappa shape index (κ2) is 8.77. The molecule has 0 saturated carbocycles. The molecule has 0 bridgehead atoms. The highest BCUT2D eigenvalue weighted by molar-refractivity contribution is 9.10. The fourth-order valence-corrected chi connectivity index (χ4v) is 3.01. The zero-order chi connectivity index (χ0) is 19.2. The van der Waals surface area contributed by atoms with Gasteiger partial charge in [-0.1, -0.05) is 15.9 Å². The number of nitrogens with zero attached hydrogens (tertiary/aromatic N) is 1. The first kappa shape index (κ1) is 19.0. The van der Waals surface area contributed by atoms with Crippen molar-refractivity contribution in [3.63, 3.8) is 0 Å². The lowest BCUT2D eigenvalue weighted by Gasteiger charge is -2.14. The topological polar surface area (TPSA) is 52.6 Å². The van der Waals surface area contributed by atoms with Crippen LogP contribution in [0.3, 0.4) is 0 Å².